The summed E-state index contributed by atoms with van der Waals surface area (Å²) in [6, 6.07) is 0. The maximum absolute atomic E-state index is 11.5. The average molecular weight is 281 g/mol. The Hall–Kier alpha value is -0.610. The van der Waals surface area contributed by atoms with Crippen molar-refractivity contribution >= 4 is 5.97 Å². The Morgan fingerprint density at radius 1 is 1.20 bits per heavy atom. The van der Waals surface area contributed by atoms with E-state index >= 15 is 0 Å². The summed E-state index contributed by atoms with van der Waals surface area (Å²) < 4.78 is 6.39. The van der Waals surface area contributed by atoms with Crippen molar-refractivity contribution in [1.29, 1.82) is 0 Å². The molecule has 0 aromatic rings. The van der Waals surface area contributed by atoms with Gasteiger partial charge in [-0.05, 0) is 52.0 Å². The van der Waals surface area contributed by atoms with Gasteiger partial charge in [0.25, 0.3) is 0 Å². The lowest BCUT2D eigenvalue weighted by Gasteiger charge is -2.36. The Morgan fingerprint density at radius 2 is 1.95 bits per heavy atom. The molecular weight excluding hydrogens is 254 g/mol. The average Bonchev–Trinajstić information content (AvgIpc) is 2.98. The molecule has 3 aliphatic rings. The third kappa shape index (κ3) is 2.48. The number of hydrogen-bond acceptors (Lipinski definition) is 3. The van der Waals surface area contributed by atoms with E-state index in [1.165, 1.54) is 38.5 Å². The fourth-order valence-corrected chi connectivity index (χ4v) is 4.39. The predicted molar refractivity (Wildman–Crippen MR) is 76.8 cm³/mol. The standard InChI is InChI=1S/C16H27NO3/c1-15(14(18)19)7-5-11-17(15)12-13-6-10-16(20-13)8-3-2-4-9-16/h13H,2-12H2,1H3,(H,18,19). The van der Waals surface area contributed by atoms with Gasteiger partial charge in [-0.25, -0.2) is 0 Å². The highest BCUT2D eigenvalue weighted by atomic mass is 16.5. The van der Waals surface area contributed by atoms with Gasteiger partial charge in [0.2, 0.25) is 0 Å². The molecule has 4 nitrogen and oxygen atoms in total. The molecule has 0 bridgehead atoms. The third-order valence-corrected chi connectivity index (χ3v) is 5.78. The van der Waals surface area contributed by atoms with Gasteiger partial charge < -0.3 is 9.84 Å². The summed E-state index contributed by atoms with van der Waals surface area (Å²) in [6.45, 7) is 3.56. The van der Waals surface area contributed by atoms with Gasteiger partial charge in [-0.15, -0.1) is 0 Å². The first kappa shape index (κ1) is 14.3. The summed E-state index contributed by atoms with van der Waals surface area (Å²) in [7, 11) is 0. The maximum atomic E-state index is 11.5. The molecule has 114 valence electrons. The van der Waals surface area contributed by atoms with Crippen molar-refractivity contribution in [2.75, 3.05) is 13.1 Å². The molecule has 2 unspecified atom stereocenters. The number of carbonyl (C=O) groups is 1. The van der Waals surface area contributed by atoms with Crippen molar-refractivity contribution in [2.24, 2.45) is 0 Å². The van der Waals surface area contributed by atoms with E-state index in [1.54, 1.807) is 0 Å². The Balaban J connectivity index is 1.60. The molecule has 3 rings (SSSR count). The maximum Gasteiger partial charge on any atom is 0.323 e. The van der Waals surface area contributed by atoms with Crippen LogP contribution in [0.25, 0.3) is 0 Å². The zero-order valence-electron chi connectivity index (χ0n) is 12.6. The van der Waals surface area contributed by atoms with E-state index in [-0.39, 0.29) is 11.7 Å². The Kier molecular flexibility index (Phi) is 3.80. The predicted octanol–water partition coefficient (Wildman–Crippen LogP) is 2.81. The highest BCUT2D eigenvalue weighted by Gasteiger charge is 2.47. The second-order valence-corrected chi connectivity index (χ2v) is 7.15. The summed E-state index contributed by atoms with van der Waals surface area (Å²) in [5.41, 5.74) is -0.534. The number of carboxylic acid groups (broad SMARTS) is 1. The molecule has 4 heteroatoms. The van der Waals surface area contributed by atoms with Crippen LogP contribution in [0.4, 0.5) is 0 Å². The van der Waals surface area contributed by atoms with Crippen molar-refractivity contribution in [3.8, 4) is 0 Å². The molecular formula is C16H27NO3. The minimum Gasteiger partial charge on any atom is -0.480 e. The Labute approximate surface area is 121 Å². The van der Waals surface area contributed by atoms with Crippen molar-refractivity contribution < 1.29 is 14.6 Å². The van der Waals surface area contributed by atoms with E-state index in [1.807, 2.05) is 6.92 Å². The molecule has 1 saturated carbocycles. The fraction of sp³-hybridized carbons (Fsp3) is 0.938. The van der Waals surface area contributed by atoms with Crippen molar-refractivity contribution in [2.45, 2.75) is 82.0 Å². The monoisotopic (exact) mass is 281 g/mol. The van der Waals surface area contributed by atoms with Gasteiger partial charge in [-0.1, -0.05) is 19.3 Å². The first-order valence-corrected chi connectivity index (χ1v) is 8.20. The summed E-state index contributed by atoms with van der Waals surface area (Å²) in [5.74, 6) is -0.680. The Bertz CT molecular complexity index is 378. The molecule has 0 amide bonds. The minimum atomic E-state index is -0.680. The molecule has 1 spiro atoms. The van der Waals surface area contributed by atoms with Crippen LogP contribution in [-0.2, 0) is 9.53 Å². The molecule has 2 saturated heterocycles. The third-order valence-electron chi connectivity index (χ3n) is 5.78. The van der Waals surface area contributed by atoms with E-state index in [9.17, 15) is 9.90 Å². The molecule has 3 fully saturated rings. The number of rotatable bonds is 3. The molecule has 1 aliphatic carbocycles. The summed E-state index contributed by atoms with van der Waals surface area (Å²) in [6.07, 6.45) is 10.6. The van der Waals surface area contributed by atoms with Crippen LogP contribution in [0.15, 0.2) is 0 Å². The molecule has 20 heavy (non-hydrogen) atoms. The minimum absolute atomic E-state index is 0.141. The normalized spacial score (nSPS) is 37.5. The van der Waals surface area contributed by atoms with Crippen LogP contribution >= 0.6 is 0 Å². The topological polar surface area (TPSA) is 49.8 Å². The number of aliphatic carboxylic acids is 1. The quantitative estimate of drug-likeness (QED) is 0.864. The molecule has 2 atom stereocenters. The van der Waals surface area contributed by atoms with Crippen LogP contribution in [0.5, 0.6) is 0 Å². The van der Waals surface area contributed by atoms with Gasteiger partial charge >= 0.3 is 5.97 Å². The van der Waals surface area contributed by atoms with E-state index in [0.717, 1.165) is 32.4 Å². The van der Waals surface area contributed by atoms with Crippen molar-refractivity contribution in [3.63, 3.8) is 0 Å². The lowest BCUT2D eigenvalue weighted by Crippen LogP contribution is -2.50. The number of likely N-dealkylation sites (tertiary alicyclic amines) is 1. The van der Waals surface area contributed by atoms with Crippen molar-refractivity contribution in [3.05, 3.63) is 0 Å². The second kappa shape index (κ2) is 5.30. The van der Waals surface area contributed by atoms with Gasteiger partial charge in [0.05, 0.1) is 11.7 Å². The number of nitrogens with zero attached hydrogens (tertiary/aromatic N) is 1. The Morgan fingerprint density at radius 3 is 2.65 bits per heavy atom. The fourth-order valence-electron chi connectivity index (χ4n) is 4.39. The molecule has 1 N–H and O–H groups in total. The van der Waals surface area contributed by atoms with Crippen LogP contribution in [-0.4, -0.2) is 46.3 Å². The second-order valence-electron chi connectivity index (χ2n) is 7.15. The highest BCUT2D eigenvalue weighted by molar-refractivity contribution is 5.78. The van der Waals surface area contributed by atoms with Crippen LogP contribution in [0.2, 0.25) is 0 Å². The summed E-state index contributed by atoms with van der Waals surface area (Å²) in [5, 5.41) is 9.48. The van der Waals surface area contributed by atoms with E-state index < -0.39 is 11.5 Å². The summed E-state index contributed by atoms with van der Waals surface area (Å²) in [4.78, 5) is 13.7. The SMILES string of the molecule is CC1(C(=O)O)CCCN1CC1CCC2(CCCCC2)O1. The van der Waals surface area contributed by atoms with E-state index in [4.69, 9.17) is 4.74 Å². The number of ether oxygens (including phenoxy) is 1. The van der Waals surface area contributed by atoms with Gasteiger partial charge in [-0.2, -0.15) is 0 Å². The molecule has 0 aromatic carbocycles. The van der Waals surface area contributed by atoms with E-state index in [2.05, 4.69) is 4.90 Å². The van der Waals surface area contributed by atoms with Gasteiger partial charge in [0.1, 0.15) is 5.54 Å². The van der Waals surface area contributed by atoms with Crippen LogP contribution in [0.1, 0.15) is 64.7 Å². The first-order valence-electron chi connectivity index (χ1n) is 8.20. The number of hydrogen-bond donors (Lipinski definition) is 1. The van der Waals surface area contributed by atoms with Gasteiger partial charge in [0.15, 0.2) is 0 Å². The smallest absolute Gasteiger partial charge is 0.323 e. The van der Waals surface area contributed by atoms with Crippen LogP contribution in [0, 0.1) is 0 Å². The molecule has 0 radical (unpaired) electrons. The van der Waals surface area contributed by atoms with Gasteiger partial charge in [0, 0.05) is 6.54 Å². The van der Waals surface area contributed by atoms with Crippen LogP contribution in [0.3, 0.4) is 0 Å². The summed E-state index contributed by atoms with van der Waals surface area (Å²) >= 11 is 0. The zero-order valence-corrected chi connectivity index (χ0v) is 12.6. The molecule has 2 heterocycles. The molecule has 2 aliphatic heterocycles. The highest BCUT2D eigenvalue weighted by Crippen LogP contribution is 2.42. The lowest BCUT2D eigenvalue weighted by atomic mass is 9.83. The van der Waals surface area contributed by atoms with Crippen LogP contribution < -0.4 is 0 Å². The lowest BCUT2D eigenvalue weighted by molar-refractivity contribution is -0.150. The zero-order chi connectivity index (χ0) is 14.2. The first-order chi connectivity index (χ1) is 9.54. The van der Waals surface area contributed by atoms with Crippen molar-refractivity contribution in [1.82, 2.24) is 4.90 Å². The number of carboxylic acids is 1. The largest absolute Gasteiger partial charge is 0.480 e. The van der Waals surface area contributed by atoms with E-state index in [0.29, 0.717) is 0 Å². The molecule has 0 aromatic heterocycles. The van der Waals surface area contributed by atoms with Gasteiger partial charge in [-0.3, -0.25) is 9.69 Å².